The van der Waals surface area contributed by atoms with Gasteiger partial charge in [-0.1, -0.05) is 0 Å². The van der Waals surface area contributed by atoms with Gasteiger partial charge in [-0.15, -0.1) is 11.3 Å². The Balaban J connectivity index is 0. The number of anilines is 1. The Kier molecular flexibility index (Phi) is 9.32. The number of hydrogen-bond donors (Lipinski definition) is 1. The summed E-state index contributed by atoms with van der Waals surface area (Å²) in [7, 11) is -11.1. The first-order valence-corrected chi connectivity index (χ1v) is 7.51. The van der Waals surface area contributed by atoms with Crippen LogP contribution in [0, 0.1) is 0 Å². The molecule has 17 heavy (non-hydrogen) atoms. The second kappa shape index (κ2) is 7.72. The maximum atomic E-state index is 10.5. The van der Waals surface area contributed by atoms with Gasteiger partial charge in [-0.25, -0.2) is 4.98 Å². The summed E-state index contributed by atoms with van der Waals surface area (Å²) in [4.78, 5) is 45.6. The Morgan fingerprint density at radius 1 is 1.18 bits per heavy atom. The maximum Gasteiger partial charge on any atom is 2.00 e. The molecule has 13 heteroatoms. The minimum Gasteiger partial charge on any atom is -0.809 e. The number of thiazole rings is 1. The molecule has 0 bridgehead atoms. The molecule has 104 valence electrons. The zero-order valence-electron chi connectivity index (χ0n) is 7.53. The average molecular weight is 486 g/mol. The molecule has 2 radical (unpaired) electrons. The number of aromatic nitrogens is 1. The SMILES string of the molecule is O=P([O-])([O-])C(Nc1nccs1)P(=O)([O-])[O-].[Ag+2].[Ag+2]. The largest absolute Gasteiger partial charge is 2.00 e. The van der Waals surface area contributed by atoms with E-state index in [1.54, 1.807) is 5.32 Å². The van der Waals surface area contributed by atoms with Crippen molar-refractivity contribution in [2.45, 2.75) is 5.52 Å². The van der Waals surface area contributed by atoms with E-state index < -0.39 is 20.7 Å². The van der Waals surface area contributed by atoms with Gasteiger partial charge in [0.05, 0.1) is 5.52 Å². The van der Waals surface area contributed by atoms with Crippen LogP contribution in [0.1, 0.15) is 0 Å². The molecule has 1 rings (SSSR count). The molecule has 0 spiro atoms. The van der Waals surface area contributed by atoms with Crippen LogP contribution in [-0.2, 0) is 53.9 Å². The van der Waals surface area contributed by atoms with Gasteiger partial charge in [-0.2, -0.15) is 0 Å². The molecule has 0 aliphatic heterocycles. The third-order valence-electron chi connectivity index (χ3n) is 1.28. The van der Waals surface area contributed by atoms with E-state index in [0.717, 1.165) is 11.3 Å². The molecule has 0 saturated carbocycles. The van der Waals surface area contributed by atoms with Crippen LogP contribution in [0.15, 0.2) is 11.6 Å². The van der Waals surface area contributed by atoms with Crippen molar-refractivity contribution in [2.75, 3.05) is 5.32 Å². The molecule has 1 aromatic heterocycles. The maximum absolute atomic E-state index is 10.5. The number of nitrogens with zero attached hydrogens (tertiary/aromatic N) is 1. The van der Waals surface area contributed by atoms with Crippen molar-refractivity contribution in [3.05, 3.63) is 11.6 Å². The second-order valence-corrected chi connectivity index (χ2v) is 6.93. The Hall–Kier alpha value is 1.21. The average Bonchev–Trinajstić information content (AvgIpc) is 2.46. The monoisotopic (exact) mass is 484 g/mol. The summed E-state index contributed by atoms with van der Waals surface area (Å²) < 4.78 is 21.0. The van der Waals surface area contributed by atoms with E-state index in [4.69, 9.17) is 0 Å². The molecule has 0 fully saturated rings. The summed E-state index contributed by atoms with van der Waals surface area (Å²) in [5.41, 5.74) is -2.70. The minimum absolute atomic E-state index is 0. The fraction of sp³-hybridized carbons (Fsp3) is 0.250. The predicted octanol–water partition coefficient (Wildman–Crippen LogP) is -2.34. The molecule has 0 saturated heterocycles. The molecule has 0 aliphatic carbocycles. The molecule has 0 aliphatic rings. The van der Waals surface area contributed by atoms with E-state index in [1.165, 1.54) is 11.6 Å². The quantitative estimate of drug-likeness (QED) is 0.368. The van der Waals surface area contributed by atoms with E-state index in [9.17, 15) is 28.7 Å². The summed E-state index contributed by atoms with van der Waals surface area (Å²) in [6.45, 7) is 0. The fourth-order valence-corrected chi connectivity index (χ4v) is 3.42. The van der Waals surface area contributed by atoms with E-state index >= 15 is 0 Å². The van der Waals surface area contributed by atoms with Gasteiger partial charge >= 0.3 is 44.8 Å². The first-order chi connectivity index (χ1) is 6.71. The first-order valence-electron chi connectivity index (χ1n) is 3.41. The molecule has 1 heterocycles. The first kappa shape index (κ1) is 20.5. The zero-order chi connectivity index (χ0) is 11.7. The van der Waals surface area contributed by atoms with Gasteiger partial charge in [0.1, 0.15) is 0 Å². The number of nitrogens with one attached hydrogen (secondary N) is 1. The summed E-state index contributed by atoms with van der Waals surface area (Å²) in [6, 6.07) is 0. The third kappa shape index (κ3) is 6.79. The fourth-order valence-electron chi connectivity index (χ4n) is 0.736. The van der Waals surface area contributed by atoms with E-state index in [0.29, 0.717) is 0 Å². The Morgan fingerprint density at radius 3 is 1.94 bits per heavy atom. The van der Waals surface area contributed by atoms with Crippen molar-refractivity contribution in [2.24, 2.45) is 0 Å². The van der Waals surface area contributed by atoms with Crippen LogP contribution >= 0.6 is 26.5 Å². The molecule has 0 amide bonds. The Morgan fingerprint density at radius 2 is 1.65 bits per heavy atom. The molecule has 1 aromatic rings. The van der Waals surface area contributed by atoms with Crippen LogP contribution in [0.25, 0.3) is 0 Å². The van der Waals surface area contributed by atoms with Crippen molar-refractivity contribution >= 4 is 31.7 Å². The van der Waals surface area contributed by atoms with Gasteiger partial charge in [-0.05, 0) is 15.2 Å². The van der Waals surface area contributed by atoms with Crippen LogP contribution in [0.2, 0.25) is 0 Å². The number of rotatable bonds is 4. The van der Waals surface area contributed by atoms with Crippen molar-refractivity contribution < 1.29 is 73.5 Å². The van der Waals surface area contributed by atoms with E-state index in [1.807, 2.05) is 0 Å². The summed E-state index contributed by atoms with van der Waals surface area (Å²) >= 11 is 0.863. The van der Waals surface area contributed by atoms with Crippen molar-refractivity contribution in [3.8, 4) is 0 Å². The molecular weight excluding hydrogens is 482 g/mol. The van der Waals surface area contributed by atoms with Crippen LogP contribution in [0.3, 0.4) is 0 Å². The van der Waals surface area contributed by atoms with Gasteiger partial charge < -0.3 is 34.0 Å². The Labute approximate surface area is 132 Å². The predicted molar refractivity (Wildman–Crippen MR) is 44.7 cm³/mol. The molecule has 8 nitrogen and oxygen atoms in total. The summed E-state index contributed by atoms with van der Waals surface area (Å²) in [6.07, 6.45) is 1.26. The Bertz CT molecular complexity index is 396. The smallest absolute Gasteiger partial charge is 0.809 e. The van der Waals surface area contributed by atoms with E-state index in [-0.39, 0.29) is 49.9 Å². The van der Waals surface area contributed by atoms with Gasteiger partial charge in [0.15, 0.2) is 5.13 Å². The van der Waals surface area contributed by atoms with Gasteiger partial charge in [0, 0.05) is 11.6 Å². The van der Waals surface area contributed by atoms with Crippen LogP contribution < -0.4 is 24.9 Å². The van der Waals surface area contributed by atoms with E-state index in [2.05, 4.69) is 4.98 Å². The molecule has 0 unspecified atom stereocenters. The van der Waals surface area contributed by atoms with Crippen LogP contribution in [0.5, 0.6) is 0 Å². The summed E-state index contributed by atoms with van der Waals surface area (Å²) in [5, 5.41) is 3.06. The standard InChI is InChI=1S/C4H8N2O6P2S.2Ag/c7-13(8,9)4(14(10,11)12)6-3-5-1-2-15-3;;/h1-2,4H,(H,5,6)(H2,7,8,9)(H2,10,11,12);;/q;2*+2/p-4. The topological polar surface area (TPSA) is 151 Å². The van der Waals surface area contributed by atoms with Crippen molar-refractivity contribution in [1.29, 1.82) is 0 Å². The van der Waals surface area contributed by atoms with Crippen LogP contribution in [0.4, 0.5) is 5.13 Å². The molecular formula is C4H4Ag2N2O6P2S. The summed E-state index contributed by atoms with van der Waals surface area (Å²) in [5.74, 6) is 0. The third-order valence-corrected chi connectivity index (χ3v) is 5.14. The normalized spacial score (nSPS) is 11.6. The van der Waals surface area contributed by atoms with Crippen molar-refractivity contribution in [3.63, 3.8) is 0 Å². The van der Waals surface area contributed by atoms with Gasteiger partial charge in [-0.3, -0.25) is 0 Å². The van der Waals surface area contributed by atoms with Gasteiger partial charge in [0.25, 0.3) is 0 Å². The number of hydrogen-bond acceptors (Lipinski definition) is 9. The second-order valence-electron chi connectivity index (χ2n) is 2.43. The van der Waals surface area contributed by atoms with Crippen molar-refractivity contribution in [1.82, 2.24) is 4.98 Å². The molecule has 0 aromatic carbocycles. The van der Waals surface area contributed by atoms with Gasteiger partial charge in [0.2, 0.25) is 0 Å². The zero-order valence-corrected chi connectivity index (χ0v) is 13.1. The minimum atomic E-state index is -5.57. The molecule has 0 atom stereocenters. The van der Waals surface area contributed by atoms with Crippen LogP contribution in [-0.4, -0.2) is 10.5 Å². The molecule has 1 N–H and O–H groups in total.